The van der Waals surface area contributed by atoms with Crippen LogP contribution in [-0.2, 0) is 16.1 Å². The highest BCUT2D eigenvalue weighted by atomic mass is 19.1. The van der Waals surface area contributed by atoms with E-state index >= 15 is 4.39 Å². The zero-order chi connectivity index (χ0) is 27.3. The molecule has 2 N–H and O–H groups in total. The van der Waals surface area contributed by atoms with Gasteiger partial charge in [-0.05, 0) is 70.2 Å². The summed E-state index contributed by atoms with van der Waals surface area (Å²) in [6.07, 6.45) is 2.69. The molecule has 0 fully saturated rings. The number of fused-ring (bicyclic) bond motifs is 1. The number of ether oxygens (including phenoxy) is 1. The van der Waals surface area contributed by atoms with E-state index in [1.165, 1.54) is 6.07 Å². The van der Waals surface area contributed by atoms with Gasteiger partial charge in [-0.1, -0.05) is 20.8 Å². The third kappa shape index (κ3) is 7.42. The van der Waals surface area contributed by atoms with E-state index in [0.717, 1.165) is 17.4 Å². The lowest BCUT2D eigenvalue weighted by Gasteiger charge is -2.28. The first kappa shape index (κ1) is 27.9. The third-order valence-electron chi connectivity index (χ3n) is 5.95. The van der Waals surface area contributed by atoms with Crippen LogP contribution in [0.15, 0.2) is 30.5 Å². The Morgan fingerprint density at radius 3 is 2.57 bits per heavy atom. The van der Waals surface area contributed by atoms with Crippen LogP contribution < -0.4 is 10.6 Å². The van der Waals surface area contributed by atoms with Crippen LogP contribution in [0.2, 0.25) is 0 Å². The maximum absolute atomic E-state index is 15.1. The summed E-state index contributed by atoms with van der Waals surface area (Å²) < 4.78 is 22.4. The second-order valence-electron chi connectivity index (χ2n) is 10.8. The summed E-state index contributed by atoms with van der Waals surface area (Å²) in [5.41, 5.74) is 1.17. The average molecular weight is 509 g/mol. The smallest absolute Gasteiger partial charge is 0.306 e. The molecule has 0 aliphatic carbocycles. The van der Waals surface area contributed by atoms with Crippen molar-refractivity contribution in [3.63, 3.8) is 0 Å². The number of anilines is 3. The summed E-state index contributed by atoms with van der Waals surface area (Å²) in [7, 11) is 0. The molecule has 0 aliphatic heterocycles. The summed E-state index contributed by atoms with van der Waals surface area (Å²) >= 11 is 0. The van der Waals surface area contributed by atoms with Crippen molar-refractivity contribution in [3.8, 4) is 6.07 Å². The SMILES string of the molecule is CCn1ncc2ccc(Nc3nc(N[C@H](CC(C)C)[C@H](C)CC(=O)OC(C)(C)C)c(F)cc3C#N)cc21. The number of carbonyl (C=O) groups excluding carboxylic acids is 1. The van der Waals surface area contributed by atoms with E-state index in [2.05, 4.69) is 34.6 Å². The number of nitrogens with zero attached hydrogens (tertiary/aromatic N) is 4. The molecule has 2 aromatic heterocycles. The van der Waals surface area contributed by atoms with Crippen molar-refractivity contribution in [3.05, 3.63) is 41.8 Å². The van der Waals surface area contributed by atoms with Crippen molar-refractivity contribution >= 4 is 34.2 Å². The number of hydrogen-bond acceptors (Lipinski definition) is 7. The van der Waals surface area contributed by atoms with Crippen molar-refractivity contribution in [1.29, 1.82) is 5.26 Å². The Kier molecular flexibility index (Phi) is 8.74. The molecule has 0 radical (unpaired) electrons. The summed E-state index contributed by atoms with van der Waals surface area (Å²) in [6.45, 7) is 14.3. The second kappa shape index (κ2) is 11.6. The second-order valence-corrected chi connectivity index (χ2v) is 10.8. The molecule has 0 aliphatic rings. The predicted octanol–water partition coefficient (Wildman–Crippen LogP) is 6.40. The standard InChI is InChI=1S/C28H37FN6O2/c1-8-35-24-14-21(10-9-19(24)16-31-35)32-26-20(15-30)13-22(29)27(34-26)33-23(11-17(2)3)18(4)12-25(36)37-28(5,6)7/h9-10,13-14,16-18,23H,8,11-12H2,1-7H3,(H2,32,33,34)/t18-,23-/m1/s1. The van der Waals surface area contributed by atoms with Gasteiger partial charge in [0.2, 0.25) is 0 Å². The fourth-order valence-corrected chi connectivity index (χ4v) is 4.21. The molecule has 198 valence electrons. The summed E-state index contributed by atoms with van der Waals surface area (Å²) in [4.78, 5) is 16.9. The van der Waals surface area contributed by atoms with Crippen molar-refractivity contribution in [2.24, 2.45) is 11.8 Å². The molecular formula is C28H37FN6O2. The van der Waals surface area contributed by atoms with Gasteiger partial charge in [-0.15, -0.1) is 0 Å². The molecule has 0 saturated carbocycles. The molecule has 0 unspecified atom stereocenters. The number of carbonyl (C=O) groups is 1. The van der Waals surface area contributed by atoms with E-state index in [9.17, 15) is 10.1 Å². The van der Waals surface area contributed by atoms with Gasteiger partial charge >= 0.3 is 5.97 Å². The number of rotatable bonds is 10. The Balaban J connectivity index is 1.88. The molecular weight excluding hydrogens is 471 g/mol. The molecule has 8 nitrogen and oxygen atoms in total. The number of hydrogen-bond donors (Lipinski definition) is 2. The monoisotopic (exact) mass is 508 g/mol. The fourth-order valence-electron chi connectivity index (χ4n) is 4.21. The molecule has 0 saturated heterocycles. The van der Waals surface area contributed by atoms with Gasteiger partial charge in [0, 0.05) is 23.7 Å². The maximum Gasteiger partial charge on any atom is 0.306 e. The van der Waals surface area contributed by atoms with E-state index in [0.29, 0.717) is 18.0 Å². The summed E-state index contributed by atoms with van der Waals surface area (Å²) in [5, 5.41) is 21.4. The minimum atomic E-state index is -0.625. The Morgan fingerprint density at radius 2 is 1.95 bits per heavy atom. The molecule has 0 amide bonds. The molecule has 9 heteroatoms. The number of halogens is 1. The van der Waals surface area contributed by atoms with Gasteiger partial charge < -0.3 is 15.4 Å². The van der Waals surface area contributed by atoms with Crippen LogP contribution in [-0.4, -0.2) is 32.4 Å². The minimum absolute atomic E-state index is 0.0304. The Hall–Kier alpha value is -3.67. The number of aromatic nitrogens is 3. The van der Waals surface area contributed by atoms with Crippen LogP contribution in [0.5, 0.6) is 0 Å². The molecule has 0 bridgehead atoms. The van der Waals surface area contributed by atoms with Gasteiger partial charge in [0.15, 0.2) is 17.5 Å². The highest BCUT2D eigenvalue weighted by molar-refractivity contribution is 5.83. The van der Waals surface area contributed by atoms with Crippen LogP contribution in [0.4, 0.5) is 21.7 Å². The highest BCUT2D eigenvalue weighted by Gasteiger charge is 2.26. The average Bonchev–Trinajstić information content (AvgIpc) is 3.21. The summed E-state index contributed by atoms with van der Waals surface area (Å²) in [5.74, 6) is -0.484. The third-order valence-corrected chi connectivity index (χ3v) is 5.95. The Labute approximate surface area is 218 Å². The number of pyridine rings is 1. The fraction of sp³-hybridized carbons (Fsp3) is 0.500. The van der Waals surface area contributed by atoms with Crippen LogP contribution in [0.25, 0.3) is 10.9 Å². The van der Waals surface area contributed by atoms with Crippen molar-refractivity contribution in [1.82, 2.24) is 14.8 Å². The number of aryl methyl sites for hydroxylation is 1. The van der Waals surface area contributed by atoms with Crippen LogP contribution in [0.1, 0.15) is 66.9 Å². The van der Waals surface area contributed by atoms with E-state index < -0.39 is 11.4 Å². The van der Waals surface area contributed by atoms with E-state index in [1.807, 2.05) is 63.6 Å². The zero-order valence-electron chi connectivity index (χ0n) is 22.7. The maximum atomic E-state index is 15.1. The molecule has 3 aromatic rings. The molecule has 0 spiro atoms. The van der Waals surface area contributed by atoms with Crippen molar-refractivity contribution < 1.29 is 13.9 Å². The molecule has 1 aromatic carbocycles. The van der Waals surface area contributed by atoms with Gasteiger partial charge in [-0.3, -0.25) is 9.48 Å². The number of nitriles is 1. The lowest BCUT2D eigenvalue weighted by Crippen LogP contribution is -2.33. The van der Waals surface area contributed by atoms with Gasteiger partial charge in [0.25, 0.3) is 0 Å². The van der Waals surface area contributed by atoms with E-state index in [-0.39, 0.29) is 41.5 Å². The van der Waals surface area contributed by atoms with E-state index in [1.54, 1.807) is 6.20 Å². The molecule has 2 heterocycles. The zero-order valence-corrected chi connectivity index (χ0v) is 22.7. The van der Waals surface area contributed by atoms with E-state index in [4.69, 9.17) is 4.74 Å². The van der Waals surface area contributed by atoms with Gasteiger partial charge in [0.05, 0.1) is 23.7 Å². The van der Waals surface area contributed by atoms with Crippen molar-refractivity contribution in [2.75, 3.05) is 10.6 Å². The van der Waals surface area contributed by atoms with Crippen molar-refractivity contribution in [2.45, 2.75) is 79.5 Å². The Morgan fingerprint density at radius 1 is 1.22 bits per heavy atom. The topological polar surface area (TPSA) is 105 Å². The number of esters is 1. The normalized spacial score (nSPS) is 13.3. The quantitative estimate of drug-likeness (QED) is 0.305. The van der Waals surface area contributed by atoms with Crippen LogP contribution in [0, 0.1) is 29.0 Å². The first-order chi connectivity index (χ1) is 17.4. The number of benzene rings is 1. The summed E-state index contributed by atoms with van der Waals surface area (Å²) in [6, 6.07) is 8.70. The lowest BCUT2D eigenvalue weighted by molar-refractivity contribution is -0.156. The molecule has 3 rings (SSSR count). The predicted molar refractivity (Wildman–Crippen MR) is 144 cm³/mol. The van der Waals surface area contributed by atoms with Gasteiger partial charge in [-0.2, -0.15) is 10.4 Å². The molecule has 2 atom stereocenters. The Bertz CT molecular complexity index is 1290. The van der Waals surface area contributed by atoms with Crippen LogP contribution >= 0.6 is 0 Å². The van der Waals surface area contributed by atoms with Gasteiger partial charge in [-0.25, -0.2) is 9.37 Å². The molecule has 37 heavy (non-hydrogen) atoms. The first-order valence-electron chi connectivity index (χ1n) is 12.7. The number of nitrogens with one attached hydrogen (secondary N) is 2. The van der Waals surface area contributed by atoms with Gasteiger partial charge in [0.1, 0.15) is 11.7 Å². The highest BCUT2D eigenvalue weighted by Crippen LogP contribution is 2.28. The van der Waals surface area contributed by atoms with Crippen LogP contribution in [0.3, 0.4) is 0 Å². The largest absolute Gasteiger partial charge is 0.460 e. The first-order valence-corrected chi connectivity index (χ1v) is 12.7. The minimum Gasteiger partial charge on any atom is -0.460 e. The lowest BCUT2D eigenvalue weighted by atomic mass is 9.90.